The molecule has 0 amide bonds. The summed E-state index contributed by atoms with van der Waals surface area (Å²) >= 11 is 0. The molecule has 57 heavy (non-hydrogen) atoms. The van der Waals surface area contributed by atoms with E-state index in [9.17, 15) is 28.8 Å². The molecule has 12 heteroatoms. The number of carbonyl (C=O) groups excluding carboxylic acids is 6. The average molecular weight is 775 g/mol. The maximum absolute atomic E-state index is 12.7. The van der Waals surface area contributed by atoms with E-state index in [0.717, 1.165) is 66.8 Å². The van der Waals surface area contributed by atoms with Crippen molar-refractivity contribution < 1.29 is 57.2 Å². The summed E-state index contributed by atoms with van der Waals surface area (Å²) in [5, 5.41) is 0. The standard InChI is InChI=1S/C45H42O12/c1-7-37(46)52-31-16-22-13-28-43(25(22)19-34(31)55-40(49)10-4)29-14-23-17-32(53-38(47)8-2)36(57-42(51)12-6)21-27(23)45(29)30-15-24-18-33(54-39(48)9-3)35(56-41(50)11-5)20-26(24)44(28)30/h16-21H,7-15H2,1-6H3. The molecule has 0 heterocycles. The first-order chi connectivity index (χ1) is 27.4. The Morgan fingerprint density at radius 2 is 0.544 bits per heavy atom. The summed E-state index contributed by atoms with van der Waals surface area (Å²) < 4.78 is 34.3. The van der Waals surface area contributed by atoms with Crippen molar-refractivity contribution in [2.45, 2.75) is 99.3 Å². The number of hydrogen-bond acceptors (Lipinski definition) is 12. The van der Waals surface area contributed by atoms with Crippen LogP contribution in [0.2, 0.25) is 0 Å². The molecule has 0 saturated carbocycles. The fraction of sp³-hybridized carbons (Fsp3) is 0.333. The van der Waals surface area contributed by atoms with Gasteiger partial charge < -0.3 is 28.4 Å². The molecule has 0 saturated heterocycles. The summed E-state index contributed by atoms with van der Waals surface area (Å²) in [6.07, 6.45) is 1.89. The van der Waals surface area contributed by atoms with Gasteiger partial charge in [-0.3, -0.25) is 28.8 Å². The lowest BCUT2D eigenvalue weighted by molar-refractivity contribution is -0.136. The van der Waals surface area contributed by atoms with Gasteiger partial charge in [-0.1, -0.05) is 41.5 Å². The number of hydrogen-bond donors (Lipinski definition) is 0. The summed E-state index contributed by atoms with van der Waals surface area (Å²) in [5.74, 6) is -2.24. The second kappa shape index (κ2) is 15.7. The number of benzene rings is 4. The molecule has 0 fully saturated rings. The molecule has 0 unspecified atom stereocenters. The zero-order valence-electron chi connectivity index (χ0n) is 32.7. The van der Waals surface area contributed by atoms with Crippen molar-refractivity contribution in [1.29, 1.82) is 0 Å². The van der Waals surface area contributed by atoms with Gasteiger partial charge in [0.25, 0.3) is 0 Å². The normalized spacial score (nSPS) is 12.3. The summed E-state index contributed by atoms with van der Waals surface area (Å²) in [4.78, 5) is 75.7. The Labute approximate surface area is 329 Å². The van der Waals surface area contributed by atoms with Gasteiger partial charge in [0.05, 0.1) is 0 Å². The molecule has 0 aliphatic heterocycles. The molecule has 0 N–H and O–H groups in total. The lowest BCUT2D eigenvalue weighted by Gasteiger charge is -2.18. The van der Waals surface area contributed by atoms with Crippen LogP contribution < -0.4 is 28.4 Å². The predicted octanol–water partition coefficient (Wildman–Crippen LogP) is 8.29. The lowest BCUT2D eigenvalue weighted by atomic mass is 9.86. The highest BCUT2D eigenvalue weighted by atomic mass is 16.6. The van der Waals surface area contributed by atoms with Gasteiger partial charge in [0.2, 0.25) is 0 Å². The van der Waals surface area contributed by atoms with Crippen LogP contribution in [0.25, 0.3) is 33.4 Å². The van der Waals surface area contributed by atoms with Gasteiger partial charge in [-0.25, -0.2) is 0 Å². The van der Waals surface area contributed by atoms with Crippen LogP contribution in [0.15, 0.2) is 36.4 Å². The van der Waals surface area contributed by atoms with Gasteiger partial charge in [-0.05, 0) is 122 Å². The topological polar surface area (TPSA) is 158 Å². The third-order valence-corrected chi connectivity index (χ3v) is 10.3. The smallest absolute Gasteiger partial charge is 0.311 e. The zero-order valence-corrected chi connectivity index (χ0v) is 32.7. The molecular weight excluding hydrogens is 732 g/mol. The van der Waals surface area contributed by atoms with E-state index in [1.54, 1.807) is 77.9 Å². The van der Waals surface area contributed by atoms with E-state index < -0.39 is 35.8 Å². The van der Waals surface area contributed by atoms with Crippen molar-refractivity contribution in [3.8, 4) is 67.9 Å². The van der Waals surface area contributed by atoms with E-state index in [4.69, 9.17) is 28.4 Å². The molecule has 3 aliphatic rings. The van der Waals surface area contributed by atoms with E-state index in [1.807, 2.05) is 0 Å². The summed E-state index contributed by atoms with van der Waals surface area (Å²) in [7, 11) is 0. The minimum Gasteiger partial charge on any atom is -0.423 e. The third kappa shape index (κ3) is 7.16. The first kappa shape index (κ1) is 39.0. The quantitative estimate of drug-likeness (QED) is 0.0865. The minimum absolute atomic E-state index is 0.0974. The largest absolute Gasteiger partial charge is 0.423 e. The molecule has 0 atom stereocenters. The van der Waals surface area contributed by atoms with E-state index in [0.29, 0.717) is 19.3 Å². The number of fused-ring (bicyclic) bond motifs is 12. The van der Waals surface area contributed by atoms with Gasteiger partial charge in [0, 0.05) is 38.5 Å². The highest BCUT2D eigenvalue weighted by molar-refractivity contribution is 6.02. The fourth-order valence-electron chi connectivity index (χ4n) is 7.59. The maximum Gasteiger partial charge on any atom is 0.311 e. The van der Waals surface area contributed by atoms with Gasteiger partial charge in [0.1, 0.15) is 0 Å². The second-order valence-corrected chi connectivity index (χ2v) is 13.9. The number of ether oxygens (including phenoxy) is 6. The first-order valence-electron chi connectivity index (χ1n) is 19.4. The molecule has 0 aromatic heterocycles. The van der Waals surface area contributed by atoms with E-state index in [2.05, 4.69) is 0 Å². The molecule has 3 aliphatic carbocycles. The van der Waals surface area contributed by atoms with Gasteiger partial charge in [-0.15, -0.1) is 0 Å². The van der Waals surface area contributed by atoms with Crippen molar-refractivity contribution in [1.82, 2.24) is 0 Å². The molecule has 294 valence electrons. The first-order valence-corrected chi connectivity index (χ1v) is 19.4. The Bertz CT molecular complexity index is 2130. The molecule has 4 aromatic carbocycles. The molecule has 0 radical (unpaired) electrons. The van der Waals surface area contributed by atoms with E-state index >= 15 is 0 Å². The van der Waals surface area contributed by atoms with Crippen LogP contribution >= 0.6 is 0 Å². The van der Waals surface area contributed by atoms with Crippen molar-refractivity contribution >= 4 is 35.8 Å². The van der Waals surface area contributed by atoms with Crippen molar-refractivity contribution in [3.05, 3.63) is 69.8 Å². The Morgan fingerprint density at radius 1 is 0.351 bits per heavy atom. The molecule has 4 aromatic rings. The molecule has 12 nitrogen and oxygen atoms in total. The number of carbonyl (C=O) groups is 6. The van der Waals surface area contributed by atoms with Crippen molar-refractivity contribution in [2.24, 2.45) is 0 Å². The van der Waals surface area contributed by atoms with Gasteiger partial charge in [0.15, 0.2) is 34.5 Å². The van der Waals surface area contributed by atoms with Crippen LogP contribution in [0, 0.1) is 0 Å². The Hall–Kier alpha value is -6.30. The van der Waals surface area contributed by atoms with Crippen molar-refractivity contribution in [3.63, 3.8) is 0 Å². The second-order valence-electron chi connectivity index (χ2n) is 13.9. The summed E-state index contributed by atoms with van der Waals surface area (Å²) in [5.41, 5.74) is 10.4. The van der Waals surface area contributed by atoms with Crippen LogP contribution in [0.5, 0.6) is 34.5 Å². The fourth-order valence-corrected chi connectivity index (χ4v) is 7.59. The van der Waals surface area contributed by atoms with Crippen LogP contribution in [-0.4, -0.2) is 35.8 Å². The molecule has 0 spiro atoms. The van der Waals surface area contributed by atoms with Crippen molar-refractivity contribution in [2.75, 3.05) is 0 Å². The van der Waals surface area contributed by atoms with Crippen LogP contribution in [0.4, 0.5) is 0 Å². The highest BCUT2D eigenvalue weighted by Crippen LogP contribution is 2.59. The van der Waals surface area contributed by atoms with Crippen LogP contribution in [0.3, 0.4) is 0 Å². The lowest BCUT2D eigenvalue weighted by Crippen LogP contribution is -2.11. The average Bonchev–Trinajstić information content (AvgIpc) is 3.88. The number of rotatable bonds is 12. The summed E-state index contributed by atoms with van der Waals surface area (Å²) in [6, 6.07) is 10.4. The maximum atomic E-state index is 12.7. The van der Waals surface area contributed by atoms with Crippen LogP contribution in [0.1, 0.15) is 113 Å². The third-order valence-electron chi connectivity index (χ3n) is 10.3. The SMILES string of the molecule is CCC(=O)Oc1cc2c(cc1OC(=O)CC)-c1c(c3c(c4c1Cc1cc(OC(=O)CC)c(OC(=O)CC)cc1-4)Cc1cc(OC(=O)CC)c(OC(=O)CC)cc1-3)C2. The number of esters is 6. The zero-order chi connectivity index (χ0) is 40.7. The molecule has 0 bridgehead atoms. The minimum atomic E-state index is -0.500. The van der Waals surface area contributed by atoms with Crippen LogP contribution in [-0.2, 0) is 48.0 Å². The Kier molecular flexibility index (Phi) is 10.7. The summed E-state index contributed by atoms with van der Waals surface area (Å²) in [6.45, 7) is 10.0. The van der Waals surface area contributed by atoms with E-state index in [-0.39, 0.29) is 73.0 Å². The predicted molar refractivity (Wildman–Crippen MR) is 207 cm³/mol. The van der Waals surface area contributed by atoms with E-state index in [1.165, 1.54) is 0 Å². The molecule has 7 rings (SSSR count). The van der Waals surface area contributed by atoms with Gasteiger partial charge >= 0.3 is 35.8 Å². The Balaban J connectivity index is 1.51. The Morgan fingerprint density at radius 3 is 0.737 bits per heavy atom. The monoisotopic (exact) mass is 774 g/mol. The highest BCUT2D eigenvalue weighted by Gasteiger charge is 2.39. The molecular formula is C45H42O12. The van der Waals surface area contributed by atoms with Gasteiger partial charge in [-0.2, -0.15) is 0 Å².